The minimum atomic E-state index is 0.343. The van der Waals surface area contributed by atoms with Crippen LogP contribution in [0.2, 0.25) is 0 Å². The van der Waals surface area contributed by atoms with Crippen molar-refractivity contribution in [3.63, 3.8) is 0 Å². The van der Waals surface area contributed by atoms with Crippen molar-refractivity contribution >= 4 is 5.96 Å². The van der Waals surface area contributed by atoms with Gasteiger partial charge in [-0.05, 0) is 37.8 Å². The molecule has 0 amide bonds. The third kappa shape index (κ3) is 6.59. The van der Waals surface area contributed by atoms with Crippen molar-refractivity contribution in [3.8, 4) is 0 Å². The van der Waals surface area contributed by atoms with Gasteiger partial charge in [0.25, 0.3) is 0 Å². The summed E-state index contributed by atoms with van der Waals surface area (Å²) in [5.41, 5.74) is 2.41. The molecule has 0 spiro atoms. The molecule has 5 nitrogen and oxygen atoms in total. The number of hydrogen-bond donors (Lipinski definition) is 2. The number of benzene rings is 1. The summed E-state index contributed by atoms with van der Waals surface area (Å²) in [6, 6.07) is 8.51. The second kappa shape index (κ2) is 10.2. The first kappa shape index (κ1) is 17.8. The molecule has 0 atom stereocenters. The topological polar surface area (TPSA) is 54.9 Å². The maximum absolute atomic E-state index is 5.94. The fourth-order valence-corrected chi connectivity index (χ4v) is 2.48. The summed E-state index contributed by atoms with van der Waals surface area (Å²) in [5.74, 6) is 0.863. The van der Waals surface area contributed by atoms with E-state index in [1.165, 1.54) is 11.1 Å². The molecule has 0 radical (unpaired) electrons. The van der Waals surface area contributed by atoms with E-state index in [2.05, 4.69) is 53.7 Å². The number of guanidine groups is 1. The van der Waals surface area contributed by atoms with Gasteiger partial charge >= 0.3 is 0 Å². The maximum atomic E-state index is 5.94. The molecule has 1 saturated heterocycles. The van der Waals surface area contributed by atoms with Crippen LogP contribution in [0.3, 0.4) is 0 Å². The lowest BCUT2D eigenvalue weighted by Crippen LogP contribution is -2.36. The molecule has 0 unspecified atom stereocenters. The van der Waals surface area contributed by atoms with Crippen LogP contribution in [-0.2, 0) is 22.6 Å². The monoisotopic (exact) mass is 319 g/mol. The second-order valence-corrected chi connectivity index (χ2v) is 5.66. The number of hydrogen-bond acceptors (Lipinski definition) is 3. The first-order valence-electron chi connectivity index (χ1n) is 8.61. The minimum Gasteiger partial charge on any atom is -0.381 e. The lowest BCUT2D eigenvalue weighted by atomic mass is 10.1. The quantitative estimate of drug-likeness (QED) is 0.599. The summed E-state index contributed by atoms with van der Waals surface area (Å²) in [7, 11) is 0. The molecule has 1 aliphatic heterocycles. The van der Waals surface area contributed by atoms with Gasteiger partial charge in [0, 0.05) is 26.3 Å². The van der Waals surface area contributed by atoms with Crippen LogP contribution < -0.4 is 10.6 Å². The van der Waals surface area contributed by atoms with Crippen LogP contribution in [0.15, 0.2) is 29.3 Å². The van der Waals surface area contributed by atoms with Crippen molar-refractivity contribution in [1.29, 1.82) is 0 Å². The summed E-state index contributed by atoms with van der Waals surface area (Å²) in [5, 5.41) is 6.46. The number of nitrogens with one attached hydrogen (secondary N) is 2. The van der Waals surface area contributed by atoms with Crippen molar-refractivity contribution in [2.45, 2.75) is 45.9 Å². The van der Waals surface area contributed by atoms with Crippen molar-refractivity contribution in [2.75, 3.05) is 26.3 Å². The zero-order chi connectivity index (χ0) is 16.3. The van der Waals surface area contributed by atoms with Crippen molar-refractivity contribution in [3.05, 3.63) is 35.4 Å². The Morgan fingerprint density at radius 2 is 1.70 bits per heavy atom. The van der Waals surface area contributed by atoms with Gasteiger partial charge in [-0.3, -0.25) is 0 Å². The Kier molecular flexibility index (Phi) is 7.90. The molecular weight excluding hydrogens is 290 g/mol. The average molecular weight is 319 g/mol. The van der Waals surface area contributed by atoms with Crippen molar-refractivity contribution in [2.24, 2.45) is 4.99 Å². The number of aliphatic imine (C=N–C) groups is 1. The third-order valence-corrected chi connectivity index (χ3v) is 3.79. The SMILES string of the molecule is CCNC(=NCc1ccc(COC2CCOCC2)cc1)NCC. The Balaban J connectivity index is 1.80. The van der Waals surface area contributed by atoms with Crippen LogP contribution >= 0.6 is 0 Å². The van der Waals surface area contributed by atoms with Gasteiger partial charge in [0.2, 0.25) is 0 Å². The Bertz CT molecular complexity index is 460. The fourth-order valence-electron chi connectivity index (χ4n) is 2.48. The van der Waals surface area contributed by atoms with Gasteiger partial charge in [-0.2, -0.15) is 0 Å². The molecule has 2 N–H and O–H groups in total. The predicted octanol–water partition coefficient (Wildman–Crippen LogP) is 2.46. The highest BCUT2D eigenvalue weighted by molar-refractivity contribution is 5.79. The molecule has 1 aromatic rings. The number of nitrogens with zero attached hydrogens (tertiary/aromatic N) is 1. The zero-order valence-corrected chi connectivity index (χ0v) is 14.3. The smallest absolute Gasteiger partial charge is 0.191 e. The van der Waals surface area contributed by atoms with E-state index in [0.717, 1.165) is 45.1 Å². The standard InChI is InChI=1S/C18H29N3O2/c1-3-19-18(20-4-2)21-13-15-5-7-16(8-6-15)14-23-17-9-11-22-12-10-17/h5-8,17H,3-4,9-14H2,1-2H3,(H2,19,20,21). The van der Waals surface area contributed by atoms with Gasteiger partial charge in [0.1, 0.15) is 0 Å². The van der Waals surface area contributed by atoms with Crippen LogP contribution in [0, 0.1) is 0 Å². The zero-order valence-electron chi connectivity index (χ0n) is 14.3. The van der Waals surface area contributed by atoms with Gasteiger partial charge in [0.15, 0.2) is 5.96 Å². The molecule has 0 saturated carbocycles. The van der Waals surface area contributed by atoms with Crippen LogP contribution in [0.25, 0.3) is 0 Å². The van der Waals surface area contributed by atoms with Gasteiger partial charge in [-0.25, -0.2) is 4.99 Å². The molecule has 5 heteroatoms. The Hall–Kier alpha value is -1.59. The van der Waals surface area contributed by atoms with E-state index in [4.69, 9.17) is 9.47 Å². The molecule has 0 aromatic heterocycles. The molecular formula is C18H29N3O2. The molecule has 0 bridgehead atoms. The lowest BCUT2D eigenvalue weighted by Gasteiger charge is -2.22. The van der Waals surface area contributed by atoms with E-state index in [1.54, 1.807) is 0 Å². The maximum Gasteiger partial charge on any atom is 0.191 e. The highest BCUT2D eigenvalue weighted by Gasteiger charge is 2.13. The molecule has 23 heavy (non-hydrogen) atoms. The summed E-state index contributed by atoms with van der Waals surface area (Å²) >= 11 is 0. The van der Waals surface area contributed by atoms with Crippen LogP contribution in [0.5, 0.6) is 0 Å². The van der Waals surface area contributed by atoms with Crippen molar-refractivity contribution in [1.82, 2.24) is 10.6 Å². The highest BCUT2D eigenvalue weighted by Crippen LogP contribution is 2.14. The molecule has 1 fully saturated rings. The number of ether oxygens (including phenoxy) is 2. The highest BCUT2D eigenvalue weighted by atomic mass is 16.5. The predicted molar refractivity (Wildman–Crippen MR) is 93.6 cm³/mol. The largest absolute Gasteiger partial charge is 0.381 e. The Morgan fingerprint density at radius 3 is 2.30 bits per heavy atom. The summed E-state index contributed by atoms with van der Waals surface area (Å²) in [4.78, 5) is 4.57. The molecule has 0 aliphatic carbocycles. The Morgan fingerprint density at radius 1 is 1.09 bits per heavy atom. The molecule has 2 rings (SSSR count). The van der Waals surface area contributed by atoms with Crippen LogP contribution in [0.1, 0.15) is 37.8 Å². The molecule has 1 heterocycles. The van der Waals surface area contributed by atoms with E-state index in [0.29, 0.717) is 19.3 Å². The molecule has 128 valence electrons. The summed E-state index contributed by atoms with van der Waals surface area (Å²) in [6.07, 6.45) is 2.35. The van der Waals surface area contributed by atoms with Crippen LogP contribution in [0.4, 0.5) is 0 Å². The van der Waals surface area contributed by atoms with E-state index in [-0.39, 0.29) is 0 Å². The fraction of sp³-hybridized carbons (Fsp3) is 0.611. The summed E-state index contributed by atoms with van der Waals surface area (Å²) in [6.45, 7) is 8.87. The van der Waals surface area contributed by atoms with E-state index >= 15 is 0 Å². The van der Waals surface area contributed by atoms with E-state index in [9.17, 15) is 0 Å². The molecule has 1 aliphatic rings. The normalized spacial score (nSPS) is 15.2. The van der Waals surface area contributed by atoms with Gasteiger partial charge < -0.3 is 20.1 Å². The first-order chi connectivity index (χ1) is 11.3. The summed E-state index contributed by atoms with van der Waals surface area (Å²) < 4.78 is 11.3. The van der Waals surface area contributed by atoms with E-state index < -0.39 is 0 Å². The second-order valence-electron chi connectivity index (χ2n) is 5.66. The van der Waals surface area contributed by atoms with Gasteiger partial charge in [-0.1, -0.05) is 24.3 Å². The van der Waals surface area contributed by atoms with Crippen LogP contribution in [-0.4, -0.2) is 38.4 Å². The average Bonchev–Trinajstić information content (AvgIpc) is 2.60. The van der Waals surface area contributed by atoms with E-state index in [1.807, 2.05) is 0 Å². The lowest BCUT2D eigenvalue weighted by molar-refractivity contribution is -0.0390. The van der Waals surface area contributed by atoms with Crippen molar-refractivity contribution < 1.29 is 9.47 Å². The van der Waals surface area contributed by atoms with Gasteiger partial charge in [-0.15, -0.1) is 0 Å². The Labute approximate surface area is 139 Å². The third-order valence-electron chi connectivity index (χ3n) is 3.79. The molecule has 1 aromatic carbocycles. The number of rotatable bonds is 7. The van der Waals surface area contributed by atoms with Gasteiger partial charge in [0.05, 0.1) is 19.3 Å². The first-order valence-corrected chi connectivity index (χ1v) is 8.61. The minimum absolute atomic E-state index is 0.343.